The van der Waals surface area contributed by atoms with E-state index < -0.39 is 31.1 Å². The predicted molar refractivity (Wildman–Crippen MR) is 102 cm³/mol. The predicted octanol–water partition coefficient (Wildman–Crippen LogP) is 1.02. The number of hydrogen-bond donors (Lipinski definition) is 3. The maximum absolute atomic E-state index is 13.8. The van der Waals surface area contributed by atoms with E-state index in [2.05, 4.69) is 15.2 Å². The molecule has 3 N–H and O–H groups in total. The van der Waals surface area contributed by atoms with Crippen LogP contribution in [0.4, 0.5) is 18.9 Å². The smallest absolute Gasteiger partial charge is 0.368 e. The molecule has 1 aliphatic rings. The Balaban J connectivity index is 2.01. The molecule has 2 aromatic heterocycles. The molecule has 1 aliphatic heterocycles. The SMILES string of the molecule is CN1CCN(c2cc3c(cc2C(F)(F)F)[nH]c(=O)c2nnc(CP(=O)(O)O)n23)CC1. The van der Waals surface area contributed by atoms with Crippen LogP contribution in [-0.4, -0.2) is 67.5 Å². The van der Waals surface area contributed by atoms with Gasteiger partial charge in [-0.2, -0.15) is 13.2 Å². The van der Waals surface area contributed by atoms with Gasteiger partial charge in [0.15, 0.2) is 0 Å². The number of benzene rings is 1. The lowest BCUT2D eigenvalue weighted by Gasteiger charge is -2.35. The maximum Gasteiger partial charge on any atom is 0.418 e. The topological polar surface area (TPSA) is 127 Å². The average molecular weight is 446 g/mol. The summed E-state index contributed by atoms with van der Waals surface area (Å²) in [7, 11) is -2.69. The van der Waals surface area contributed by atoms with Gasteiger partial charge in [0.25, 0.3) is 5.56 Å². The zero-order valence-electron chi connectivity index (χ0n) is 15.7. The molecule has 0 aliphatic carbocycles. The molecule has 1 aromatic carbocycles. The molecule has 3 aromatic rings. The number of hydrogen-bond acceptors (Lipinski definition) is 6. The van der Waals surface area contributed by atoms with Gasteiger partial charge in [0, 0.05) is 26.2 Å². The summed E-state index contributed by atoms with van der Waals surface area (Å²) in [4.78, 5) is 36.9. The number of likely N-dealkylation sites (N-methyl/N-ethyl adjacent to an activating group) is 1. The summed E-state index contributed by atoms with van der Waals surface area (Å²) in [5, 5.41) is 7.33. The number of alkyl halides is 3. The van der Waals surface area contributed by atoms with Crippen molar-refractivity contribution in [2.24, 2.45) is 0 Å². The van der Waals surface area contributed by atoms with E-state index in [0.29, 0.717) is 26.2 Å². The summed E-state index contributed by atoms with van der Waals surface area (Å²) < 4.78 is 54.0. The molecule has 0 atom stereocenters. The van der Waals surface area contributed by atoms with Crippen molar-refractivity contribution in [3.8, 4) is 0 Å². The number of fused-ring (bicyclic) bond motifs is 3. The Hall–Kier alpha value is -2.47. The molecule has 0 spiro atoms. The molecule has 162 valence electrons. The Morgan fingerprint density at radius 3 is 2.43 bits per heavy atom. The number of aromatic amines is 1. The second-order valence-corrected chi connectivity index (χ2v) is 8.87. The molecule has 0 amide bonds. The molecular formula is C16H18F3N6O4P. The van der Waals surface area contributed by atoms with E-state index in [0.717, 1.165) is 10.5 Å². The summed E-state index contributed by atoms with van der Waals surface area (Å²) in [6.45, 7) is 1.89. The Labute approximate surface area is 167 Å². The van der Waals surface area contributed by atoms with Gasteiger partial charge in [-0.1, -0.05) is 0 Å². The second-order valence-electron chi connectivity index (χ2n) is 7.23. The monoisotopic (exact) mass is 446 g/mol. The van der Waals surface area contributed by atoms with E-state index in [1.807, 2.05) is 11.9 Å². The Bertz CT molecular complexity index is 1230. The van der Waals surface area contributed by atoms with Gasteiger partial charge in [-0.25, -0.2) is 0 Å². The van der Waals surface area contributed by atoms with Gasteiger partial charge in [0.1, 0.15) is 12.0 Å². The molecule has 1 fully saturated rings. The maximum atomic E-state index is 13.8. The molecule has 4 rings (SSSR count). The standard InChI is InChI=1S/C16H18F3N6O4P/c1-23-2-4-24(5-3-23)11-7-12-10(6-9(11)16(17,18)19)20-15(26)14-22-21-13(25(12)14)8-30(27,28)29/h6-7H,2-5,8H2,1H3,(H,20,26)(H2,27,28,29). The summed E-state index contributed by atoms with van der Waals surface area (Å²) in [6.07, 6.45) is -5.47. The normalized spacial score (nSPS) is 16.7. The number of halogens is 3. The third-order valence-corrected chi connectivity index (χ3v) is 5.73. The first-order valence-corrected chi connectivity index (χ1v) is 10.7. The van der Waals surface area contributed by atoms with Gasteiger partial charge in [0.2, 0.25) is 5.65 Å². The molecular weight excluding hydrogens is 428 g/mol. The lowest BCUT2D eigenvalue weighted by molar-refractivity contribution is -0.137. The largest absolute Gasteiger partial charge is 0.418 e. The highest BCUT2D eigenvalue weighted by molar-refractivity contribution is 7.50. The van der Waals surface area contributed by atoms with E-state index >= 15 is 0 Å². The van der Waals surface area contributed by atoms with Gasteiger partial charge >= 0.3 is 13.8 Å². The first-order valence-electron chi connectivity index (χ1n) is 8.93. The van der Waals surface area contributed by atoms with Crippen LogP contribution >= 0.6 is 7.60 Å². The number of nitrogens with zero attached hydrogens (tertiary/aromatic N) is 5. The van der Waals surface area contributed by atoms with E-state index in [1.54, 1.807) is 4.90 Å². The third-order valence-electron chi connectivity index (χ3n) is 5.03. The number of piperazine rings is 1. The first-order chi connectivity index (χ1) is 13.9. The second kappa shape index (κ2) is 7.05. The third kappa shape index (κ3) is 3.81. The summed E-state index contributed by atoms with van der Waals surface area (Å²) in [5.41, 5.74) is -2.06. The minimum Gasteiger partial charge on any atom is -0.368 e. The zero-order chi connectivity index (χ0) is 21.8. The van der Waals surface area contributed by atoms with Crippen LogP contribution in [-0.2, 0) is 16.9 Å². The van der Waals surface area contributed by atoms with Crippen molar-refractivity contribution in [2.45, 2.75) is 12.3 Å². The fourth-order valence-corrected chi connectivity index (χ4v) is 4.15. The number of aromatic nitrogens is 4. The van der Waals surface area contributed by atoms with Crippen LogP contribution in [0.2, 0.25) is 0 Å². The van der Waals surface area contributed by atoms with Gasteiger partial charge < -0.3 is 24.6 Å². The number of rotatable bonds is 3. The van der Waals surface area contributed by atoms with Gasteiger partial charge in [0.05, 0.1) is 22.3 Å². The van der Waals surface area contributed by atoms with Crippen LogP contribution in [0, 0.1) is 0 Å². The number of nitrogens with one attached hydrogen (secondary N) is 1. The van der Waals surface area contributed by atoms with Gasteiger partial charge in [-0.15, -0.1) is 10.2 Å². The van der Waals surface area contributed by atoms with Crippen LogP contribution in [0.25, 0.3) is 16.7 Å². The fraction of sp³-hybridized carbons (Fsp3) is 0.438. The van der Waals surface area contributed by atoms with Crippen LogP contribution in [0.1, 0.15) is 11.4 Å². The molecule has 30 heavy (non-hydrogen) atoms. The molecule has 0 saturated carbocycles. The van der Waals surface area contributed by atoms with Crippen LogP contribution in [0.3, 0.4) is 0 Å². The van der Waals surface area contributed by atoms with Crippen molar-refractivity contribution in [1.82, 2.24) is 24.5 Å². The summed E-state index contributed by atoms with van der Waals surface area (Å²) >= 11 is 0. The van der Waals surface area contributed by atoms with Crippen molar-refractivity contribution >= 4 is 30.0 Å². The van der Waals surface area contributed by atoms with E-state index in [9.17, 15) is 32.3 Å². The summed E-state index contributed by atoms with van der Waals surface area (Å²) in [6, 6.07) is 2.10. The highest BCUT2D eigenvalue weighted by Gasteiger charge is 2.36. The van der Waals surface area contributed by atoms with Crippen LogP contribution in [0.5, 0.6) is 0 Å². The highest BCUT2D eigenvalue weighted by atomic mass is 31.2. The Morgan fingerprint density at radius 1 is 1.17 bits per heavy atom. The molecule has 1 saturated heterocycles. The van der Waals surface area contributed by atoms with Crippen LogP contribution < -0.4 is 10.5 Å². The number of anilines is 1. The molecule has 0 radical (unpaired) electrons. The van der Waals surface area contributed by atoms with Crippen molar-refractivity contribution in [3.63, 3.8) is 0 Å². The molecule has 14 heteroatoms. The number of H-pyrrole nitrogens is 1. The van der Waals surface area contributed by atoms with Crippen molar-refractivity contribution in [2.75, 3.05) is 38.1 Å². The lowest BCUT2D eigenvalue weighted by atomic mass is 10.1. The summed E-state index contributed by atoms with van der Waals surface area (Å²) in [5.74, 6) is -0.210. The highest BCUT2D eigenvalue weighted by Crippen LogP contribution is 2.41. The zero-order valence-corrected chi connectivity index (χ0v) is 16.6. The minimum atomic E-state index is -4.67. The van der Waals surface area contributed by atoms with Crippen molar-refractivity contribution in [3.05, 3.63) is 33.9 Å². The van der Waals surface area contributed by atoms with E-state index in [4.69, 9.17) is 0 Å². The average Bonchev–Trinajstić information content (AvgIpc) is 3.04. The Kier molecular flexibility index (Phi) is 4.88. The van der Waals surface area contributed by atoms with Crippen LogP contribution in [0.15, 0.2) is 16.9 Å². The van der Waals surface area contributed by atoms with Gasteiger partial charge in [-0.05, 0) is 19.2 Å². The fourth-order valence-electron chi connectivity index (χ4n) is 3.58. The molecule has 3 heterocycles. The van der Waals surface area contributed by atoms with Crippen molar-refractivity contribution < 1.29 is 27.5 Å². The minimum absolute atomic E-state index is 0.0766. The molecule has 0 bridgehead atoms. The molecule has 10 nitrogen and oxygen atoms in total. The van der Waals surface area contributed by atoms with E-state index in [1.165, 1.54) is 6.07 Å². The quantitative estimate of drug-likeness (QED) is 0.509. The van der Waals surface area contributed by atoms with Crippen molar-refractivity contribution in [1.29, 1.82) is 0 Å². The first kappa shape index (κ1) is 20.8. The Morgan fingerprint density at radius 2 is 1.83 bits per heavy atom. The van der Waals surface area contributed by atoms with E-state index in [-0.39, 0.29) is 28.2 Å². The lowest BCUT2D eigenvalue weighted by Crippen LogP contribution is -2.45. The van der Waals surface area contributed by atoms with Gasteiger partial charge in [-0.3, -0.25) is 13.8 Å². The molecule has 0 unspecified atom stereocenters.